The lowest BCUT2D eigenvalue weighted by molar-refractivity contribution is -0.140. The van der Waals surface area contributed by atoms with Gasteiger partial charge in [0.1, 0.15) is 11.5 Å². The van der Waals surface area contributed by atoms with Gasteiger partial charge in [0.25, 0.3) is 5.56 Å². The Balaban J connectivity index is 2.05. The predicted octanol–water partition coefficient (Wildman–Crippen LogP) is 4.77. The summed E-state index contributed by atoms with van der Waals surface area (Å²) in [6, 6.07) is 7.62. The van der Waals surface area contributed by atoms with Crippen LogP contribution < -0.4 is 24.4 Å². The number of esters is 1. The molecule has 0 radical (unpaired) electrons. The van der Waals surface area contributed by atoms with Crippen molar-refractivity contribution >= 4 is 50.9 Å². The average Bonchev–Trinajstić information content (AvgIpc) is 3.18. The highest BCUT2D eigenvalue weighted by Crippen LogP contribution is 2.38. The molecule has 4 rings (SSSR count). The molecule has 3 aromatic rings. The van der Waals surface area contributed by atoms with E-state index in [-0.39, 0.29) is 21.5 Å². The van der Waals surface area contributed by atoms with Crippen molar-refractivity contribution in [2.24, 2.45) is 4.99 Å². The van der Waals surface area contributed by atoms with Crippen molar-refractivity contribution in [2.45, 2.75) is 19.1 Å². The van der Waals surface area contributed by atoms with Crippen molar-refractivity contribution in [3.05, 3.63) is 88.0 Å². The van der Waals surface area contributed by atoms with Gasteiger partial charge in [-0.15, -0.1) is 0 Å². The molecule has 1 aliphatic heterocycles. The van der Waals surface area contributed by atoms with Crippen LogP contribution in [0, 0.1) is 0 Å². The standard InChI is InChI=1S/C25H19BrClF3N2O5S/c1-4-37-23(34)19-20(12-5-7-14(27)8-6-12)32-22(33)18(38-24(32)31-21(19)25(28,29)30)10-13-9-15(26)17(36-3)11-16(13)35-2/h5-11,20H,4H2,1-3H3/b18-10-/t20-/m0/s1. The van der Waals surface area contributed by atoms with Gasteiger partial charge in [-0.05, 0) is 52.7 Å². The summed E-state index contributed by atoms with van der Waals surface area (Å²) in [6.07, 6.45) is -3.51. The number of ether oxygens (including phenoxy) is 3. The van der Waals surface area contributed by atoms with Crippen molar-refractivity contribution in [1.82, 2.24) is 4.57 Å². The fourth-order valence-corrected chi connectivity index (χ4v) is 5.58. The SMILES string of the molecule is CCOC(=O)C1=C(C(F)(F)F)N=c2s/c(=C\c3cc(Br)c(OC)cc3OC)c(=O)n2[C@H]1c1ccc(Cl)cc1. The molecule has 38 heavy (non-hydrogen) atoms. The predicted molar refractivity (Wildman–Crippen MR) is 139 cm³/mol. The Labute approximate surface area is 231 Å². The highest BCUT2D eigenvalue weighted by Gasteiger charge is 2.45. The van der Waals surface area contributed by atoms with Crippen LogP contribution in [-0.2, 0) is 9.53 Å². The minimum Gasteiger partial charge on any atom is -0.496 e. The van der Waals surface area contributed by atoms with Gasteiger partial charge in [-0.1, -0.05) is 35.1 Å². The molecule has 1 aromatic heterocycles. The largest absolute Gasteiger partial charge is 0.496 e. The number of fused-ring (bicyclic) bond motifs is 1. The second-order valence-corrected chi connectivity index (χ2v) is 10.1. The molecule has 0 spiro atoms. The van der Waals surface area contributed by atoms with Gasteiger partial charge >= 0.3 is 12.1 Å². The number of alkyl halides is 3. The molecule has 2 aromatic carbocycles. The topological polar surface area (TPSA) is 79.1 Å². The molecule has 0 aliphatic carbocycles. The zero-order valence-electron chi connectivity index (χ0n) is 20.1. The minimum atomic E-state index is -4.99. The van der Waals surface area contributed by atoms with Crippen LogP contribution in [-0.4, -0.2) is 37.5 Å². The average molecular weight is 632 g/mol. The Morgan fingerprint density at radius 2 is 1.84 bits per heavy atom. The van der Waals surface area contributed by atoms with Crippen LogP contribution in [0.2, 0.25) is 5.02 Å². The van der Waals surface area contributed by atoms with E-state index in [9.17, 15) is 22.8 Å². The molecule has 7 nitrogen and oxygen atoms in total. The number of halogens is 5. The molecule has 0 N–H and O–H groups in total. The molecule has 0 unspecified atom stereocenters. The number of carbonyl (C=O) groups is 1. The number of allylic oxidation sites excluding steroid dienone is 1. The van der Waals surface area contributed by atoms with Gasteiger partial charge in [-0.3, -0.25) is 9.36 Å². The minimum absolute atomic E-state index is 0.0738. The summed E-state index contributed by atoms with van der Waals surface area (Å²) in [6.45, 7) is 1.30. The number of thiazole rings is 1. The third-order valence-electron chi connectivity index (χ3n) is 5.57. The maximum Gasteiger partial charge on any atom is 0.434 e. The van der Waals surface area contributed by atoms with Gasteiger partial charge in [-0.2, -0.15) is 13.2 Å². The first-order chi connectivity index (χ1) is 18.0. The molecular formula is C25H19BrClF3N2O5S. The molecule has 13 heteroatoms. The molecule has 0 amide bonds. The molecular weight excluding hydrogens is 613 g/mol. The number of benzene rings is 2. The maximum atomic E-state index is 14.2. The van der Waals surface area contributed by atoms with Gasteiger partial charge in [0.15, 0.2) is 10.5 Å². The lowest BCUT2D eigenvalue weighted by Gasteiger charge is -2.26. The summed E-state index contributed by atoms with van der Waals surface area (Å²) in [5.74, 6) is -0.371. The molecule has 0 bridgehead atoms. The maximum absolute atomic E-state index is 14.2. The second kappa shape index (κ2) is 11.0. The van der Waals surface area contributed by atoms with Crippen LogP contribution in [0.15, 0.2) is 61.9 Å². The molecule has 2 heterocycles. The van der Waals surface area contributed by atoms with Crippen LogP contribution in [0.1, 0.15) is 24.1 Å². The highest BCUT2D eigenvalue weighted by atomic mass is 79.9. The van der Waals surface area contributed by atoms with Gasteiger partial charge in [0.05, 0.1) is 41.4 Å². The lowest BCUT2D eigenvalue weighted by atomic mass is 9.95. The van der Waals surface area contributed by atoms with E-state index < -0.39 is 35.0 Å². The molecule has 0 fully saturated rings. The van der Waals surface area contributed by atoms with E-state index in [0.29, 0.717) is 26.6 Å². The summed E-state index contributed by atoms with van der Waals surface area (Å²) in [5.41, 5.74) is -2.16. The van der Waals surface area contributed by atoms with E-state index in [1.54, 1.807) is 12.1 Å². The summed E-state index contributed by atoms with van der Waals surface area (Å²) < 4.78 is 60.0. The smallest absolute Gasteiger partial charge is 0.434 e. The van der Waals surface area contributed by atoms with Crippen molar-refractivity contribution in [3.8, 4) is 11.5 Å². The number of aromatic nitrogens is 1. The normalized spacial score (nSPS) is 15.7. The Kier molecular flexibility index (Phi) is 8.05. The van der Waals surface area contributed by atoms with Crippen LogP contribution in [0.5, 0.6) is 11.5 Å². The molecule has 1 aliphatic rings. The van der Waals surface area contributed by atoms with E-state index in [2.05, 4.69) is 20.9 Å². The first-order valence-electron chi connectivity index (χ1n) is 11.0. The van der Waals surface area contributed by atoms with Crippen LogP contribution >= 0.6 is 38.9 Å². The number of hydrogen-bond acceptors (Lipinski definition) is 7. The van der Waals surface area contributed by atoms with E-state index in [1.165, 1.54) is 51.5 Å². The van der Waals surface area contributed by atoms with Crippen LogP contribution in [0.25, 0.3) is 6.08 Å². The Morgan fingerprint density at radius 1 is 1.18 bits per heavy atom. The van der Waals surface area contributed by atoms with Crippen LogP contribution in [0.4, 0.5) is 13.2 Å². The third kappa shape index (κ3) is 5.25. The van der Waals surface area contributed by atoms with Crippen molar-refractivity contribution in [2.75, 3.05) is 20.8 Å². The number of hydrogen-bond donors (Lipinski definition) is 0. The number of nitrogens with zero attached hydrogens (tertiary/aromatic N) is 2. The van der Waals surface area contributed by atoms with Crippen molar-refractivity contribution in [3.63, 3.8) is 0 Å². The summed E-state index contributed by atoms with van der Waals surface area (Å²) >= 11 is 10.1. The fraction of sp³-hybridized carbons (Fsp3) is 0.240. The Morgan fingerprint density at radius 3 is 2.42 bits per heavy atom. The summed E-state index contributed by atoms with van der Waals surface area (Å²) in [7, 11) is 2.91. The van der Waals surface area contributed by atoms with E-state index in [0.717, 1.165) is 15.9 Å². The van der Waals surface area contributed by atoms with E-state index in [4.69, 9.17) is 25.8 Å². The highest BCUT2D eigenvalue weighted by molar-refractivity contribution is 9.10. The van der Waals surface area contributed by atoms with Gasteiger partial charge < -0.3 is 14.2 Å². The first kappa shape index (κ1) is 27.9. The second-order valence-electron chi connectivity index (χ2n) is 7.84. The zero-order valence-corrected chi connectivity index (χ0v) is 23.2. The molecule has 0 saturated carbocycles. The summed E-state index contributed by atoms with van der Waals surface area (Å²) in [5, 5.41) is 0.330. The fourth-order valence-electron chi connectivity index (χ4n) is 3.94. The number of rotatable bonds is 6. The zero-order chi connectivity index (χ0) is 27.8. The van der Waals surface area contributed by atoms with Crippen molar-refractivity contribution in [1.29, 1.82) is 0 Å². The first-order valence-corrected chi connectivity index (χ1v) is 13.0. The van der Waals surface area contributed by atoms with Crippen LogP contribution in [0.3, 0.4) is 0 Å². The van der Waals surface area contributed by atoms with E-state index >= 15 is 0 Å². The van der Waals surface area contributed by atoms with Gasteiger partial charge in [0, 0.05) is 16.7 Å². The monoisotopic (exact) mass is 630 g/mol. The number of methoxy groups -OCH3 is 2. The van der Waals surface area contributed by atoms with Gasteiger partial charge in [0.2, 0.25) is 0 Å². The van der Waals surface area contributed by atoms with Crippen molar-refractivity contribution < 1.29 is 32.2 Å². The Bertz CT molecular complexity index is 1610. The van der Waals surface area contributed by atoms with Gasteiger partial charge in [-0.25, -0.2) is 9.79 Å². The quantitative estimate of drug-likeness (QED) is 0.366. The Hall–Kier alpha value is -3.09. The summed E-state index contributed by atoms with van der Waals surface area (Å²) in [4.78, 5) is 30.1. The molecule has 1 atom stereocenters. The lowest BCUT2D eigenvalue weighted by Crippen LogP contribution is -2.41. The third-order valence-corrected chi connectivity index (χ3v) is 7.43. The molecule has 0 saturated heterocycles. The molecule has 200 valence electrons. The van der Waals surface area contributed by atoms with E-state index in [1.807, 2.05) is 0 Å². The number of carbonyl (C=O) groups excluding carboxylic acids is 1.